The van der Waals surface area contributed by atoms with E-state index in [-0.39, 0.29) is 0 Å². The van der Waals surface area contributed by atoms with Gasteiger partial charge in [-0.25, -0.2) is 4.79 Å². The lowest BCUT2D eigenvalue weighted by Gasteiger charge is -1.91. The van der Waals surface area contributed by atoms with Gasteiger partial charge in [-0.05, 0) is 18.6 Å². The Labute approximate surface area is 76.5 Å². The second kappa shape index (κ2) is 3.89. The van der Waals surface area contributed by atoms with Gasteiger partial charge < -0.3 is 5.11 Å². The number of aryl methyl sites for hydroxylation is 2. The minimum Gasteiger partial charge on any atom is -0.478 e. The van der Waals surface area contributed by atoms with Crippen LogP contribution < -0.4 is 0 Å². The Morgan fingerprint density at radius 3 is 2.92 bits per heavy atom. The third-order valence-electron chi connectivity index (χ3n) is 1.73. The van der Waals surface area contributed by atoms with Gasteiger partial charge in [0.2, 0.25) is 0 Å². The van der Waals surface area contributed by atoms with E-state index in [1.54, 1.807) is 11.7 Å². The third kappa shape index (κ3) is 2.43. The van der Waals surface area contributed by atoms with Crippen molar-refractivity contribution in [3.05, 3.63) is 23.5 Å². The second-order valence-electron chi connectivity index (χ2n) is 2.71. The number of aromatic nitrogens is 2. The molecule has 4 nitrogen and oxygen atoms in total. The van der Waals surface area contributed by atoms with Crippen LogP contribution in [-0.4, -0.2) is 20.9 Å². The molecule has 1 heterocycles. The first-order chi connectivity index (χ1) is 6.13. The maximum Gasteiger partial charge on any atom is 0.328 e. The second-order valence-corrected chi connectivity index (χ2v) is 2.71. The highest BCUT2D eigenvalue weighted by Gasteiger charge is 1.99. The molecule has 0 atom stereocenters. The van der Waals surface area contributed by atoms with Gasteiger partial charge in [-0.2, -0.15) is 5.10 Å². The van der Waals surface area contributed by atoms with Crippen molar-refractivity contribution in [2.45, 2.75) is 13.3 Å². The molecule has 1 aromatic heterocycles. The summed E-state index contributed by atoms with van der Waals surface area (Å²) in [5, 5.41) is 12.6. The van der Waals surface area contributed by atoms with Gasteiger partial charge in [0.15, 0.2) is 0 Å². The molecule has 0 amide bonds. The molecule has 1 aromatic rings. The number of rotatable bonds is 3. The van der Waals surface area contributed by atoms with Gasteiger partial charge in [-0.15, -0.1) is 0 Å². The zero-order valence-electron chi connectivity index (χ0n) is 7.69. The van der Waals surface area contributed by atoms with Crippen LogP contribution in [0.15, 0.2) is 12.1 Å². The van der Waals surface area contributed by atoms with Crippen molar-refractivity contribution < 1.29 is 9.90 Å². The molecule has 0 aromatic carbocycles. The van der Waals surface area contributed by atoms with E-state index in [9.17, 15) is 4.79 Å². The Hall–Kier alpha value is -1.58. The number of carboxylic acids is 1. The molecule has 0 aliphatic rings. The first-order valence-electron chi connectivity index (χ1n) is 4.07. The molecular weight excluding hydrogens is 168 g/mol. The highest BCUT2D eigenvalue weighted by atomic mass is 16.4. The number of hydrogen-bond donors (Lipinski definition) is 1. The Balaban J connectivity index is 2.88. The molecular formula is C9H12N2O2. The molecule has 0 saturated heterocycles. The van der Waals surface area contributed by atoms with E-state index in [2.05, 4.69) is 5.10 Å². The van der Waals surface area contributed by atoms with E-state index in [1.807, 2.05) is 13.0 Å². The zero-order chi connectivity index (χ0) is 9.84. The SMILES string of the molecule is CCc1cc(/C=C/C(=O)O)n(C)n1. The largest absolute Gasteiger partial charge is 0.478 e. The summed E-state index contributed by atoms with van der Waals surface area (Å²) in [6, 6.07) is 1.87. The molecule has 0 unspecified atom stereocenters. The average molecular weight is 180 g/mol. The van der Waals surface area contributed by atoms with Crippen molar-refractivity contribution in [3.63, 3.8) is 0 Å². The third-order valence-corrected chi connectivity index (χ3v) is 1.73. The topological polar surface area (TPSA) is 55.1 Å². The standard InChI is InChI=1S/C9H12N2O2/c1-3-7-6-8(11(2)10-7)4-5-9(12)13/h4-6H,3H2,1-2H3,(H,12,13)/b5-4+. The van der Waals surface area contributed by atoms with Crippen molar-refractivity contribution in [1.82, 2.24) is 9.78 Å². The number of aliphatic carboxylic acids is 1. The lowest BCUT2D eigenvalue weighted by molar-refractivity contribution is -0.131. The number of nitrogens with zero attached hydrogens (tertiary/aromatic N) is 2. The van der Waals surface area contributed by atoms with Crippen LogP contribution in [0.1, 0.15) is 18.3 Å². The van der Waals surface area contributed by atoms with Crippen LogP contribution in [-0.2, 0) is 18.3 Å². The van der Waals surface area contributed by atoms with E-state index in [4.69, 9.17) is 5.11 Å². The fraction of sp³-hybridized carbons (Fsp3) is 0.333. The summed E-state index contributed by atoms with van der Waals surface area (Å²) in [5.41, 5.74) is 1.77. The molecule has 1 rings (SSSR count). The summed E-state index contributed by atoms with van der Waals surface area (Å²) < 4.78 is 1.66. The van der Waals surface area contributed by atoms with Gasteiger partial charge in [0, 0.05) is 13.1 Å². The van der Waals surface area contributed by atoms with Gasteiger partial charge in [0.1, 0.15) is 0 Å². The Kier molecular flexibility index (Phi) is 2.84. The molecule has 0 fully saturated rings. The molecule has 0 radical (unpaired) electrons. The summed E-state index contributed by atoms with van der Waals surface area (Å²) >= 11 is 0. The van der Waals surface area contributed by atoms with Crippen molar-refractivity contribution in [2.24, 2.45) is 7.05 Å². The molecule has 0 bridgehead atoms. The van der Waals surface area contributed by atoms with Crippen molar-refractivity contribution >= 4 is 12.0 Å². The first-order valence-corrected chi connectivity index (χ1v) is 4.07. The van der Waals surface area contributed by atoms with Gasteiger partial charge in [-0.3, -0.25) is 4.68 Å². The first kappa shape index (κ1) is 9.51. The fourth-order valence-corrected chi connectivity index (χ4v) is 1.03. The number of hydrogen-bond acceptors (Lipinski definition) is 2. The minimum atomic E-state index is -0.945. The maximum absolute atomic E-state index is 10.2. The fourth-order valence-electron chi connectivity index (χ4n) is 1.03. The normalized spacial score (nSPS) is 10.9. The lowest BCUT2D eigenvalue weighted by Crippen LogP contribution is -1.94. The van der Waals surface area contributed by atoms with Gasteiger partial charge in [-0.1, -0.05) is 6.92 Å². The zero-order valence-corrected chi connectivity index (χ0v) is 7.69. The summed E-state index contributed by atoms with van der Waals surface area (Å²) in [4.78, 5) is 10.2. The van der Waals surface area contributed by atoms with E-state index in [1.165, 1.54) is 6.08 Å². The van der Waals surface area contributed by atoms with Crippen LogP contribution in [0.25, 0.3) is 6.08 Å². The molecule has 1 N–H and O–H groups in total. The highest BCUT2D eigenvalue weighted by molar-refractivity contribution is 5.84. The molecule has 13 heavy (non-hydrogen) atoms. The van der Waals surface area contributed by atoms with E-state index in [0.717, 1.165) is 23.9 Å². The quantitative estimate of drug-likeness (QED) is 0.708. The lowest BCUT2D eigenvalue weighted by atomic mass is 10.3. The smallest absolute Gasteiger partial charge is 0.328 e. The minimum absolute atomic E-state index is 0.805. The van der Waals surface area contributed by atoms with Crippen molar-refractivity contribution in [1.29, 1.82) is 0 Å². The summed E-state index contributed by atoms with van der Waals surface area (Å²) in [7, 11) is 1.79. The number of carboxylic acid groups (broad SMARTS) is 1. The van der Waals surface area contributed by atoms with Crippen molar-refractivity contribution in [3.8, 4) is 0 Å². The van der Waals surface area contributed by atoms with Crippen molar-refractivity contribution in [2.75, 3.05) is 0 Å². The summed E-state index contributed by atoms with van der Waals surface area (Å²) in [5.74, 6) is -0.945. The van der Waals surface area contributed by atoms with Crippen LogP contribution in [0, 0.1) is 0 Å². The predicted octanol–water partition coefficient (Wildman–Crippen LogP) is 1.08. The van der Waals surface area contributed by atoms with E-state index in [0.29, 0.717) is 0 Å². The van der Waals surface area contributed by atoms with Crippen LogP contribution in [0.2, 0.25) is 0 Å². The Morgan fingerprint density at radius 2 is 2.46 bits per heavy atom. The Bertz CT molecular complexity index is 339. The molecule has 0 aliphatic heterocycles. The van der Waals surface area contributed by atoms with Crippen LogP contribution in [0.3, 0.4) is 0 Å². The predicted molar refractivity (Wildman–Crippen MR) is 49.3 cm³/mol. The van der Waals surface area contributed by atoms with E-state index >= 15 is 0 Å². The van der Waals surface area contributed by atoms with E-state index < -0.39 is 5.97 Å². The summed E-state index contributed by atoms with van der Waals surface area (Å²) in [6.45, 7) is 2.01. The molecule has 0 aliphatic carbocycles. The van der Waals surface area contributed by atoms with Gasteiger partial charge in [0.25, 0.3) is 0 Å². The average Bonchev–Trinajstić information content (AvgIpc) is 2.43. The molecule has 4 heteroatoms. The van der Waals surface area contributed by atoms with Crippen LogP contribution in [0.5, 0.6) is 0 Å². The highest BCUT2D eigenvalue weighted by Crippen LogP contribution is 2.05. The molecule has 70 valence electrons. The monoisotopic (exact) mass is 180 g/mol. The molecule has 0 saturated carbocycles. The maximum atomic E-state index is 10.2. The summed E-state index contributed by atoms with van der Waals surface area (Å²) in [6.07, 6.45) is 3.50. The molecule has 0 spiro atoms. The number of carbonyl (C=O) groups is 1. The van der Waals surface area contributed by atoms with Gasteiger partial charge in [0.05, 0.1) is 11.4 Å². The van der Waals surface area contributed by atoms with Gasteiger partial charge >= 0.3 is 5.97 Å². The van der Waals surface area contributed by atoms with Crippen LogP contribution >= 0.6 is 0 Å². The van der Waals surface area contributed by atoms with Crippen LogP contribution in [0.4, 0.5) is 0 Å². The Morgan fingerprint density at radius 1 is 1.77 bits per heavy atom.